The fourth-order valence-electron chi connectivity index (χ4n) is 2.27. The van der Waals surface area contributed by atoms with E-state index in [1.807, 2.05) is 24.3 Å². The zero-order chi connectivity index (χ0) is 18.4. The molecule has 0 spiro atoms. The average molecular weight is 373 g/mol. The molecule has 0 bridgehead atoms. The Morgan fingerprint density at radius 3 is 2.73 bits per heavy atom. The van der Waals surface area contributed by atoms with Gasteiger partial charge in [-0.25, -0.2) is 4.98 Å². The van der Waals surface area contributed by atoms with Gasteiger partial charge in [0.2, 0.25) is 17.6 Å². The fourth-order valence-corrected chi connectivity index (χ4v) is 2.38. The lowest BCUT2D eigenvalue weighted by atomic mass is 10.2. The number of nitrogens with zero attached hydrogens (tertiary/aromatic N) is 3. The standard InChI is InChI=1S/C18H17ClN4O3/c1-25-14-8-5-12(6-9-14)18-22-17(26-23-18)4-2-3-16(24)21-15-10-7-13(19)11-20-15/h5-11H,2-4H2,1H3,(H,20,21,24). The highest BCUT2D eigenvalue weighted by Crippen LogP contribution is 2.20. The zero-order valence-corrected chi connectivity index (χ0v) is 14.9. The Labute approximate surface area is 155 Å². The first-order valence-electron chi connectivity index (χ1n) is 8.02. The van der Waals surface area contributed by atoms with E-state index < -0.39 is 0 Å². The minimum absolute atomic E-state index is 0.130. The summed E-state index contributed by atoms with van der Waals surface area (Å²) in [6.45, 7) is 0. The van der Waals surface area contributed by atoms with Crippen LogP contribution in [0.4, 0.5) is 5.82 Å². The molecule has 2 heterocycles. The van der Waals surface area contributed by atoms with Crippen LogP contribution < -0.4 is 10.1 Å². The molecule has 0 radical (unpaired) electrons. The number of hydrogen-bond donors (Lipinski definition) is 1. The smallest absolute Gasteiger partial charge is 0.226 e. The van der Waals surface area contributed by atoms with E-state index in [1.54, 1.807) is 19.2 Å². The molecule has 0 aliphatic carbocycles. The van der Waals surface area contributed by atoms with Crippen LogP contribution in [0.2, 0.25) is 5.02 Å². The molecule has 0 saturated heterocycles. The molecule has 0 fully saturated rings. The molecule has 134 valence electrons. The fraction of sp³-hybridized carbons (Fsp3) is 0.222. The molecular weight excluding hydrogens is 356 g/mol. The monoisotopic (exact) mass is 372 g/mol. The molecule has 1 aromatic carbocycles. The Morgan fingerprint density at radius 1 is 1.23 bits per heavy atom. The van der Waals surface area contributed by atoms with E-state index in [9.17, 15) is 4.79 Å². The number of methoxy groups -OCH3 is 1. The SMILES string of the molecule is COc1ccc(-c2noc(CCCC(=O)Nc3ccc(Cl)cn3)n2)cc1. The number of rotatable bonds is 7. The summed E-state index contributed by atoms with van der Waals surface area (Å²) >= 11 is 5.76. The first-order valence-corrected chi connectivity index (χ1v) is 8.40. The maximum Gasteiger partial charge on any atom is 0.226 e. The summed E-state index contributed by atoms with van der Waals surface area (Å²) in [4.78, 5) is 20.3. The first-order chi connectivity index (χ1) is 12.6. The number of halogens is 1. The van der Waals surface area contributed by atoms with Crippen molar-refractivity contribution in [1.29, 1.82) is 0 Å². The van der Waals surface area contributed by atoms with Gasteiger partial charge in [-0.2, -0.15) is 4.98 Å². The molecule has 3 rings (SSSR count). The van der Waals surface area contributed by atoms with Gasteiger partial charge in [-0.1, -0.05) is 16.8 Å². The topological polar surface area (TPSA) is 90.1 Å². The molecule has 2 aromatic heterocycles. The number of carbonyl (C=O) groups excluding carboxylic acids is 1. The van der Waals surface area contributed by atoms with E-state index in [-0.39, 0.29) is 5.91 Å². The predicted octanol–water partition coefficient (Wildman–Crippen LogP) is 3.76. The molecule has 1 amide bonds. The van der Waals surface area contributed by atoms with Gasteiger partial charge in [-0.05, 0) is 42.8 Å². The Kier molecular flexibility index (Phi) is 5.80. The van der Waals surface area contributed by atoms with Gasteiger partial charge in [0, 0.05) is 24.6 Å². The number of nitrogens with one attached hydrogen (secondary N) is 1. The minimum Gasteiger partial charge on any atom is -0.497 e. The van der Waals surface area contributed by atoms with E-state index in [0.29, 0.717) is 41.8 Å². The van der Waals surface area contributed by atoms with Crippen LogP contribution in [0, 0.1) is 0 Å². The maximum atomic E-state index is 11.9. The third-order valence-electron chi connectivity index (χ3n) is 3.61. The van der Waals surface area contributed by atoms with Crippen molar-refractivity contribution in [2.75, 3.05) is 12.4 Å². The van der Waals surface area contributed by atoms with Crippen LogP contribution in [0.5, 0.6) is 5.75 Å². The molecule has 1 N–H and O–H groups in total. The number of aromatic nitrogens is 3. The number of benzene rings is 1. The second-order valence-electron chi connectivity index (χ2n) is 5.50. The Morgan fingerprint density at radius 2 is 2.04 bits per heavy atom. The van der Waals surface area contributed by atoms with Gasteiger partial charge < -0.3 is 14.6 Å². The third-order valence-corrected chi connectivity index (χ3v) is 3.83. The molecule has 8 heteroatoms. The summed E-state index contributed by atoms with van der Waals surface area (Å²) in [5.41, 5.74) is 0.840. The van der Waals surface area contributed by atoms with Gasteiger partial charge in [0.1, 0.15) is 11.6 Å². The van der Waals surface area contributed by atoms with Crippen LogP contribution in [0.15, 0.2) is 47.1 Å². The highest BCUT2D eigenvalue weighted by Gasteiger charge is 2.10. The number of anilines is 1. The third kappa shape index (κ3) is 4.80. The van der Waals surface area contributed by atoms with E-state index in [4.69, 9.17) is 20.9 Å². The van der Waals surface area contributed by atoms with E-state index >= 15 is 0 Å². The van der Waals surface area contributed by atoms with E-state index in [2.05, 4.69) is 20.4 Å². The lowest BCUT2D eigenvalue weighted by Gasteiger charge is -2.03. The molecule has 26 heavy (non-hydrogen) atoms. The molecule has 0 aliphatic rings. The van der Waals surface area contributed by atoms with Crippen molar-refractivity contribution in [3.8, 4) is 17.1 Å². The normalized spacial score (nSPS) is 10.5. The highest BCUT2D eigenvalue weighted by molar-refractivity contribution is 6.30. The van der Waals surface area contributed by atoms with Crippen LogP contribution in [-0.4, -0.2) is 28.1 Å². The number of hydrogen-bond acceptors (Lipinski definition) is 6. The van der Waals surface area contributed by atoms with Gasteiger partial charge in [0.15, 0.2) is 0 Å². The summed E-state index contributed by atoms with van der Waals surface area (Å²) in [6.07, 6.45) is 2.91. The largest absolute Gasteiger partial charge is 0.497 e. The number of carbonyl (C=O) groups is 1. The van der Waals surface area contributed by atoms with E-state index in [0.717, 1.165) is 11.3 Å². The van der Waals surface area contributed by atoms with Crippen molar-refractivity contribution in [3.63, 3.8) is 0 Å². The molecule has 0 unspecified atom stereocenters. The molecule has 7 nitrogen and oxygen atoms in total. The Bertz CT molecular complexity index is 863. The summed E-state index contributed by atoms with van der Waals surface area (Å²) in [5, 5.41) is 7.20. The number of pyridine rings is 1. The van der Waals surface area contributed by atoms with Crippen molar-refractivity contribution >= 4 is 23.3 Å². The van der Waals surface area contributed by atoms with Crippen molar-refractivity contribution in [3.05, 3.63) is 53.5 Å². The van der Waals surface area contributed by atoms with Gasteiger partial charge in [0.25, 0.3) is 0 Å². The molecule has 0 atom stereocenters. The lowest BCUT2D eigenvalue weighted by molar-refractivity contribution is -0.116. The first kappa shape index (κ1) is 17.9. The van der Waals surface area contributed by atoms with Gasteiger partial charge >= 0.3 is 0 Å². The van der Waals surface area contributed by atoms with Gasteiger partial charge in [-0.3, -0.25) is 4.79 Å². The number of amides is 1. The van der Waals surface area contributed by atoms with Crippen LogP contribution >= 0.6 is 11.6 Å². The van der Waals surface area contributed by atoms with Crippen LogP contribution in [0.3, 0.4) is 0 Å². The number of ether oxygens (including phenoxy) is 1. The molecular formula is C18H17ClN4O3. The maximum absolute atomic E-state index is 11.9. The summed E-state index contributed by atoms with van der Waals surface area (Å²) < 4.78 is 10.4. The van der Waals surface area contributed by atoms with Crippen molar-refractivity contribution in [1.82, 2.24) is 15.1 Å². The lowest BCUT2D eigenvalue weighted by Crippen LogP contribution is -2.12. The van der Waals surface area contributed by atoms with Crippen molar-refractivity contribution < 1.29 is 14.1 Å². The van der Waals surface area contributed by atoms with Gasteiger partial charge in [-0.15, -0.1) is 0 Å². The van der Waals surface area contributed by atoms with Crippen molar-refractivity contribution in [2.24, 2.45) is 0 Å². The van der Waals surface area contributed by atoms with Crippen LogP contribution in [0.1, 0.15) is 18.7 Å². The molecule has 0 aliphatic heterocycles. The molecule has 3 aromatic rings. The van der Waals surface area contributed by atoms with Crippen molar-refractivity contribution in [2.45, 2.75) is 19.3 Å². The zero-order valence-electron chi connectivity index (χ0n) is 14.1. The second kappa shape index (κ2) is 8.44. The van der Waals surface area contributed by atoms with E-state index in [1.165, 1.54) is 6.20 Å². The average Bonchev–Trinajstić information content (AvgIpc) is 3.12. The summed E-state index contributed by atoms with van der Waals surface area (Å²) in [7, 11) is 1.61. The van der Waals surface area contributed by atoms with Crippen LogP contribution in [-0.2, 0) is 11.2 Å². The number of aryl methyl sites for hydroxylation is 1. The highest BCUT2D eigenvalue weighted by atomic mass is 35.5. The quantitative estimate of drug-likeness (QED) is 0.679. The van der Waals surface area contributed by atoms with Crippen LogP contribution in [0.25, 0.3) is 11.4 Å². The molecule has 0 saturated carbocycles. The summed E-state index contributed by atoms with van der Waals surface area (Å²) in [5.74, 6) is 2.11. The van der Waals surface area contributed by atoms with Gasteiger partial charge in [0.05, 0.1) is 12.1 Å². The summed E-state index contributed by atoms with van der Waals surface area (Å²) in [6, 6.07) is 10.7. The predicted molar refractivity (Wildman–Crippen MR) is 97.1 cm³/mol. The minimum atomic E-state index is -0.130. The second-order valence-corrected chi connectivity index (χ2v) is 5.94. The Balaban J connectivity index is 1.48. The Hall–Kier alpha value is -2.93.